The maximum Gasteiger partial charge on any atom is 0.229 e. The number of fused-ring (bicyclic) bond motifs is 2. The molecule has 0 unspecified atom stereocenters. The minimum Gasteiger partial charge on any atom is -0.371 e. The van der Waals surface area contributed by atoms with E-state index in [4.69, 9.17) is 0 Å². The Labute approximate surface area is 236 Å². The third-order valence-corrected chi connectivity index (χ3v) is 8.30. The molecule has 0 saturated carbocycles. The summed E-state index contributed by atoms with van der Waals surface area (Å²) in [5.74, 6) is -0.425. The minimum atomic E-state index is -0.423. The van der Waals surface area contributed by atoms with Gasteiger partial charge in [-0.1, -0.05) is 24.3 Å². The molecule has 1 fully saturated rings. The maximum absolute atomic E-state index is 14.3. The third-order valence-electron chi connectivity index (χ3n) is 7.79. The number of nitriles is 1. The van der Waals surface area contributed by atoms with Gasteiger partial charge in [-0.2, -0.15) is 5.26 Å². The smallest absolute Gasteiger partial charge is 0.229 e. The first-order valence-electron chi connectivity index (χ1n) is 13.1. The van der Waals surface area contributed by atoms with Crippen LogP contribution in [-0.2, 0) is 0 Å². The summed E-state index contributed by atoms with van der Waals surface area (Å²) in [4.78, 5) is 27.3. The van der Waals surface area contributed by atoms with E-state index in [0.29, 0.717) is 33.8 Å². The van der Waals surface area contributed by atoms with Gasteiger partial charge in [-0.3, -0.25) is 9.78 Å². The molecule has 0 spiro atoms. The van der Waals surface area contributed by atoms with Gasteiger partial charge < -0.3 is 9.80 Å². The van der Waals surface area contributed by atoms with E-state index in [1.165, 1.54) is 3.97 Å². The standard InChI is InChI=1S/C31H27FN6OS/c1-36(2)23-11-13-37(14-12-23)24-9-10-29-28(16-24)35-31(38(29)40-32)30(39)20-7-8-21(17-33)26(15-20)27-19-34-18-22-5-3-4-6-25(22)27/h3-10,15-16,18-19,23H,11-14H2,1-2H3. The zero-order valence-electron chi connectivity index (χ0n) is 22.2. The van der Waals surface area contributed by atoms with Crippen molar-refractivity contribution in [3.8, 4) is 17.2 Å². The summed E-state index contributed by atoms with van der Waals surface area (Å²) in [7, 11) is 4.23. The average molecular weight is 551 g/mol. The Morgan fingerprint density at radius 2 is 1.85 bits per heavy atom. The third kappa shape index (κ3) is 4.59. The number of benzene rings is 3. The molecular weight excluding hydrogens is 523 g/mol. The highest BCUT2D eigenvalue weighted by Gasteiger charge is 2.24. The number of hydrogen-bond donors (Lipinski definition) is 0. The van der Waals surface area contributed by atoms with Crippen LogP contribution < -0.4 is 4.90 Å². The van der Waals surface area contributed by atoms with Crippen molar-refractivity contribution in [1.82, 2.24) is 18.8 Å². The van der Waals surface area contributed by atoms with Crippen LogP contribution in [-0.4, -0.2) is 57.9 Å². The predicted octanol–water partition coefficient (Wildman–Crippen LogP) is 6.27. The molecule has 7 nitrogen and oxygen atoms in total. The average Bonchev–Trinajstić information content (AvgIpc) is 3.38. The van der Waals surface area contributed by atoms with Gasteiger partial charge in [0.1, 0.15) is 0 Å². The quantitative estimate of drug-likeness (QED) is 0.231. The van der Waals surface area contributed by atoms with Crippen LogP contribution in [0.3, 0.4) is 0 Å². The number of pyridine rings is 1. The van der Waals surface area contributed by atoms with Crippen LogP contribution in [0.2, 0.25) is 0 Å². The number of carbonyl (C=O) groups excluding carboxylic acids is 1. The molecule has 1 aliphatic rings. The molecule has 0 aliphatic carbocycles. The highest BCUT2D eigenvalue weighted by Crippen LogP contribution is 2.33. The number of nitrogens with zero attached hydrogens (tertiary/aromatic N) is 6. The number of carbonyl (C=O) groups is 1. The van der Waals surface area contributed by atoms with E-state index >= 15 is 0 Å². The topological polar surface area (TPSA) is 78.1 Å². The SMILES string of the molecule is CN(C)C1CCN(c2ccc3c(c2)nc(C(=O)c2ccc(C#N)c(-c4cncc5ccccc45)c2)n3SF)CC1. The molecule has 0 amide bonds. The highest BCUT2D eigenvalue weighted by atomic mass is 32.2. The van der Waals surface area contributed by atoms with Gasteiger partial charge in [-0.25, -0.2) is 8.96 Å². The summed E-state index contributed by atoms with van der Waals surface area (Å²) in [5, 5.41) is 11.7. The van der Waals surface area contributed by atoms with Gasteiger partial charge >= 0.3 is 0 Å². The summed E-state index contributed by atoms with van der Waals surface area (Å²) < 4.78 is 15.5. The van der Waals surface area contributed by atoms with Gasteiger partial charge in [0.25, 0.3) is 0 Å². The fourth-order valence-electron chi connectivity index (χ4n) is 5.56. The second kappa shape index (κ2) is 10.7. The van der Waals surface area contributed by atoms with Crippen LogP contribution in [0.5, 0.6) is 0 Å². The molecule has 2 aromatic heterocycles. The lowest BCUT2D eigenvalue weighted by Gasteiger charge is -2.36. The molecule has 6 rings (SSSR count). The number of imidazole rings is 1. The van der Waals surface area contributed by atoms with Crippen molar-refractivity contribution in [3.05, 3.63) is 90.0 Å². The molecular formula is C31H27FN6OS. The van der Waals surface area contributed by atoms with E-state index in [0.717, 1.165) is 48.0 Å². The molecule has 0 atom stereocenters. The fraction of sp³-hybridized carbons (Fsp3) is 0.226. The molecule has 1 saturated heterocycles. The first kappa shape index (κ1) is 26.0. The lowest BCUT2D eigenvalue weighted by molar-refractivity contribution is 0.102. The van der Waals surface area contributed by atoms with E-state index in [1.807, 2.05) is 42.5 Å². The maximum atomic E-state index is 14.3. The number of aromatic nitrogens is 3. The molecule has 5 aromatic rings. The zero-order valence-corrected chi connectivity index (χ0v) is 23.0. The second-order valence-electron chi connectivity index (χ2n) is 10.3. The van der Waals surface area contributed by atoms with Crippen molar-refractivity contribution in [2.24, 2.45) is 0 Å². The molecule has 40 heavy (non-hydrogen) atoms. The van der Waals surface area contributed by atoms with E-state index in [2.05, 4.69) is 39.9 Å². The summed E-state index contributed by atoms with van der Waals surface area (Å²) in [6.45, 7) is 1.85. The van der Waals surface area contributed by atoms with Gasteiger partial charge in [0.05, 0.1) is 22.7 Å². The van der Waals surface area contributed by atoms with Crippen molar-refractivity contribution in [1.29, 1.82) is 5.26 Å². The van der Waals surface area contributed by atoms with E-state index in [-0.39, 0.29) is 18.2 Å². The normalized spacial score (nSPS) is 14.2. The Kier molecular flexibility index (Phi) is 6.96. The summed E-state index contributed by atoms with van der Waals surface area (Å²) in [6, 6.07) is 21.2. The zero-order chi connectivity index (χ0) is 27.8. The van der Waals surface area contributed by atoms with Crippen molar-refractivity contribution in [2.75, 3.05) is 32.1 Å². The van der Waals surface area contributed by atoms with Gasteiger partial charge in [0, 0.05) is 59.3 Å². The van der Waals surface area contributed by atoms with E-state index < -0.39 is 5.78 Å². The lowest BCUT2D eigenvalue weighted by atomic mass is 9.94. The van der Waals surface area contributed by atoms with Crippen molar-refractivity contribution in [3.63, 3.8) is 0 Å². The van der Waals surface area contributed by atoms with E-state index in [9.17, 15) is 13.9 Å². The van der Waals surface area contributed by atoms with Gasteiger partial charge in [0.2, 0.25) is 5.78 Å². The van der Waals surface area contributed by atoms with Crippen LogP contribution in [0.25, 0.3) is 32.9 Å². The molecule has 0 radical (unpaired) electrons. The molecule has 1 aliphatic heterocycles. The fourth-order valence-corrected chi connectivity index (χ4v) is 5.98. The van der Waals surface area contributed by atoms with Crippen molar-refractivity contribution < 1.29 is 8.68 Å². The van der Waals surface area contributed by atoms with Crippen LogP contribution in [0.4, 0.5) is 9.57 Å². The summed E-state index contributed by atoms with van der Waals surface area (Å²) in [6.07, 6.45) is 5.59. The predicted molar refractivity (Wildman–Crippen MR) is 158 cm³/mol. The Morgan fingerprint density at radius 3 is 2.60 bits per heavy atom. The van der Waals surface area contributed by atoms with Crippen LogP contribution in [0.15, 0.2) is 73.1 Å². The molecule has 9 heteroatoms. The molecule has 3 heterocycles. The number of hydrogen-bond acceptors (Lipinski definition) is 7. The highest BCUT2D eigenvalue weighted by molar-refractivity contribution is 7.93. The van der Waals surface area contributed by atoms with Gasteiger partial charge in [0.15, 0.2) is 18.2 Å². The van der Waals surface area contributed by atoms with Crippen LogP contribution in [0, 0.1) is 11.3 Å². The molecule has 0 bridgehead atoms. The monoisotopic (exact) mass is 550 g/mol. The van der Waals surface area contributed by atoms with Gasteiger partial charge in [-0.05, 0) is 68.7 Å². The number of piperidine rings is 1. The second-order valence-corrected chi connectivity index (χ2v) is 10.8. The Morgan fingerprint density at radius 1 is 1.05 bits per heavy atom. The Hall–Kier alpha value is -4.26. The summed E-state index contributed by atoms with van der Waals surface area (Å²) >= 11 is -0.0385. The molecule has 3 aromatic carbocycles. The van der Waals surface area contributed by atoms with Crippen molar-refractivity contribution in [2.45, 2.75) is 18.9 Å². The molecule has 0 N–H and O–H groups in total. The summed E-state index contributed by atoms with van der Waals surface area (Å²) in [5.41, 5.74) is 4.20. The van der Waals surface area contributed by atoms with Gasteiger partial charge in [-0.15, -0.1) is 3.89 Å². The van der Waals surface area contributed by atoms with Crippen LogP contribution in [0.1, 0.15) is 34.6 Å². The largest absolute Gasteiger partial charge is 0.371 e. The Balaban J connectivity index is 1.37. The Bertz CT molecular complexity index is 1780. The first-order valence-corrected chi connectivity index (χ1v) is 13.8. The molecule has 200 valence electrons. The van der Waals surface area contributed by atoms with Crippen LogP contribution >= 0.6 is 12.3 Å². The van der Waals surface area contributed by atoms with Crippen molar-refractivity contribution >= 4 is 45.6 Å². The van der Waals surface area contributed by atoms with E-state index in [1.54, 1.807) is 30.6 Å². The number of anilines is 1. The first-order chi connectivity index (χ1) is 19.5. The minimum absolute atomic E-state index is 0.00216. The number of rotatable bonds is 6. The number of ketones is 1. The lowest BCUT2D eigenvalue weighted by Crippen LogP contribution is -2.41. The number of halogens is 1.